The number of alkyl halides is 2. The molecule has 2 aliphatic heterocycles. The van der Waals surface area contributed by atoms with Crippen LogP contribution in [0.25, 0.3) is 0 Å². The maximum atomic E-state index is 13.2. The number of hydrogen-bond donors (Lipinski definition) is 2. The lowest BCUT2D eigenvalue weighted by Gasteiger charge is -2.37. The van der Waals surface area contributed by atoms with Gasteiger partial charge in [0.25, 0.3) is 0 Å². The molecule has 6 nitrogen and oxygen atoms in total. The molecule has 1 aromatic rings. The van der Waals surface area contributed by atoms with Crippen molar-refractivity contribution in [2.24, 2.45) is 0 Å². The van der Waals surface area contributed by atoms with E-state index in [0.717, 1.165) is 0 Å². The van der Waals surface area contributed by atoms with Crippen molar-refractivity contribution in [1.29, 1.82) is 0 Å². The molecular formula is C15H17F2NO5. The summed E-state index contributed by atoms with van der Waals surface area (Å²) in [5.41, 5.74) is -0.120. The molecule has 1 aromatic carbocycles. The fourth-order valence-electron chi connectivity index (χ4n) is 2.91. The number of benzene rings is 1. The lowest BCUT2D eigenvalue weighted by Crippen LogP contribution is -2.50. The van der Waals surface area contributed by atoms with Gasteiger partial charge in [0.15, 0.2) is 11.5 Å². The highest BCUT2D eigenvalue weighted by atomic mass is 19.3. The maximum absolute atomic E-state index is 13.2. The number of hydrogen-bond acceptors (Lipinski definition) is 5. The summed E-state index contributed by atoms with van der Waals surface area (Å²) in [5, 5.41) is 12.3. The Balaban J connectivity index is 1.75. The first-order valence-corrected chi connectivity index (χ1v) is 7.31. The summed E-state index contributed by atoms with van der Waals surface area (Å²) in [6.07, 6.45) is -2.64. The van der Waals surface area contributed by atoms with Crippen molar-refractivity contribution < 1.29 is 32.9 Å². The quantitative estimate of drug-likeness (QED) is 0.862. The van der Waals surface area contributed by atoms with Crippen molar-refractivity contribution in [2.75, 3.05) is 13.2 Å². The lowest BCUT2D eigenvalue weighted by molar-refractivity contribution is -0.286. The molecule has 0 saturated carbocycles. The zero-order valence-electron chi connectivity index (χ0n) is 12.3. The molecule has 0 radical (unpaired) electrons. The third kappa shape index (κ3) is 3.53. The SMILES string of the molecule is O=C(O)CC1(NCc2cccc3c2OC(F)(F)O3)CCOCC1. The average molecular weight is 329 g/mol. The van der Waals surface area contributed by atoms with Crippen LogP contribution in [0.2, 0.25) is 0 Å². The van der Waals surface area contributed by atoms with Gasteiger partial charge >= 0.3 is 12.3 Å². The molecule has 0 bridgehead atoms. The van der Waals surface area contributed by atoms with Gasteiger partial charge in [-0.2, -0.15) is 0 Å². The van der Waals surface area contributed by atoms with Crippen LogP contribution in [-0.4, -0.2) is 36.1 Å². The van der Waals surface area contributed by atoms with Crippen LogP contribution >= 0.6 is 0 Å². The molecule has 1 fully saturated rings. The highest BCUT2D eigenvalue weighted by Gasteiger charge is 2.44. The van der Waals surface area contributed by atoms with Crippen molar-refractivity contribution in [3.63, 3.8) is 0 Å². The first-order valence-electron chi connectivity index (χ1n) is 7.31. The summed E-state index contributed by atoms with van der Waals surface area (Å²) in [5.74, 6) is -0.945. The molecule has 0 aliphatic carbocycles. The molecule has 1 saturated heterocycles. The van der Waals surface area contributed by atoms with E-state index in [1.165, 1.54) is 6.07 Å². The second-order valence-corrected chi connectivity index (χ2v) is 5.73. The van der Waals surface area contributed by atoms with Crippen molar-refractivity contribution in [3.05, 3.63) is 23.8 Å². The van der Waals surface area contributed by atoms with E-state index in [2.05, 4.69) is 14.8 Å². The van der Waals surface area contributed by atoms with Crippen LogP contribution in [0, 0.1) is 0 Å². The summed E-state index contributed by atoms with van der Waals surface area (Å²) >= 11 is 0. The molecule has 0 unspecified atom stereocenters. The zero-order chi connectivity index (χ0) is 16.5. The van der Waals surface area contributed by atoms with Crippen molar-refractivity contribution in [1.82, 2.24) is 5.32 Å². The highest BCUT2D eigenvalue weighted by molar-refractivity contribution is 5.68. The van der Waals surface area contributed by atoms with Crippen molar-refractivity contribution in [3.8, 4) is 11.5 Å². The zero-order valence-corrected chi connectivity index (χ0v) is 12.3. The van der Waals surface area contributed by atoms with Gasteiger partial charge in [-0.3, -0.25) is 4.79 Å². The van der Waals surface area contributed by atoms with Crippen LogP contribution in [0.5, 0.6) is 11.5 Å². The van der Waals surface area contributed by atoms with Crippen LogP contribution in [-0.2, 0) is 16.1 Å². The van der Waals surface area contributed by atoms with Gasteiger partial charge in [-0.1, -0.05) is 12.1 Å². The van der Waals surface area contributed by atoms with Gasteiger partial charge in [-0.15, -0.1) is 8.78 Å². The number of aliphatic carboxylic acids is 1. The molecule has 23 heavy (non-hydrogen) atoms. The van der Waals surface area contributed by atoms with E-state index in [-0.39, 0.29) is 24.5 Å². The van der Waals surface area contributed by atoms with E-state index in [0.29, 0.717) is 31.6 Å². The van der Waals surface area contributed by atoms with Gasteiger partial charge in [0, 0.05) is 30.9 Å². The van der Waals surface area contributed by atoms with Gasteiger partial charge in [-0.25, -0.2) is 0 Å². The number of rotatable bonds is 5. The minimum atomic E-state index is -3.67. The fraction of sp³-hybridized carbons (Fsp3) is 0.533. The summed E-state index contributed by atoms with van der Waals surface area (Å²) in [7, 11) is 0. The van der Waals surface area contributed by atoms with Gasteiger partial charge in [0.1, 0.15) is 0 Å². The Kier molecular flexibility index (Phi) is 4.11. The monoisotopic (exact) mass is 329 g/mol. The number of ether oxygens (including phenoxy) is 3. The third-order valence-electron chi connectivity index (χ3n) is 4.10. The Hall–Kier alpha value is -1.93. The van der Waals surface area contributed by atoms with Crippen LogP contribution in [0.1, 0.15) is 24.8 Å². The summed E-state index contributed by atoms with van der Waals surface area (Å²) < 4.78 is 40.6. The second-order valence-electron chi connectivity index (χ2n) is 5.73. The summed E-state index contributed by atoms with van der Waals surface area (Å²) in [6.45, 7) is 1.13. The number of nitrogens with one attached hydrogen (secondary N) is 1. The molecule has 0 atom stereocenters. The lowest BCUT2D eigenvalue weighted by atomic mass is 9.86. The van der Waals surface area contributed by atoms with E-state index >= 15 is 0 Å². The maximum Gasteiger partial charge on any atom is 0.586 e. The van der Waals surface area contributed by atoms with E-state index in [9.17, 15) is 13.6 Å². The first kappa shape index (κ1) is 15.9. The van der Waals surface area contributed by atoms with Crippen LogP contribution < -0.4 is 14.8 Å². The number of carboxylic acids is 1. The smallest absolute Gasteiger partial charge is 0.481 e. The molecule has 0 aromatic heterocycles. The van der Waals surface area contributed by atoms with Crippen LogP contribution in [0.3, 0.4) is 0 Å². The Labute approximate surface area is 131 Å². The predicted molar refractivity (Wildman–Crippen MR) is 74.5 cm³/mol. The summed E-state index contributed by atoms with van der Waals surface area (Å²) in [4.78, 5) is 11.1. The molecule has 8 heteroatoms. The third-order valence-corrected chi connectivity index (χ3v) is 4.10. The Morgan fingerprint density at radius 1 is 1.26 bits per heavy atom. The van der Waals surface area contributed by atoms with Crippen LogP contribution in [0.4, 0.5) is 8.78 Å². The van der Waals surface area contributed by atoms with Crippen molar-refractivity contribution >= 4 is 5.97 Å². The van der Waals surface area contributed by atoms with E-state index in [1.54, 1.807) is 12.1 Å². The van der Waals surface area contributed by atoms with E-state index in [4.69, 9.17) is 9.84 Å². The molecule has 2 aliphatic rings. The molecule has 3 rings (SSSR count). The minimum Gasteiger partial charge on any atom is -0.481 e. The molecule has 126 valence electrons. The Bertz CT molecular complexity index is 602. The largest absolute Gasteiger partial charge is 0.586 e. The second kappa shape index (κ2) is 5.93. The number of fused-ring (bicyclic) bond motifs is 1. The number of halogens is 2. The highest BCUT2D eigenvalue weighted by Crippen LogP contribution is 2.43. The molecule has 2 heterocycles. The van der Waals surface area contributed by atoms with Crippen molar-refractivity contribution in [2.45, 2.75) is 37.6 Å². The number of carboxylic acid groups (broad SMARTS) is 1. The molecule has 0 amide bonds. The topological polar surface area (TPSA) is 77.0 Å². The predicted octanol–water partition coefficient (Wildman–Crippen LogP) is 2.12. The molecular weight excluding hydrogens is 312 g/mol. The normalized spacial score (nSPS) is 21.1. The molecule has 0 spiro atoms. The number of carbonyl (C=O) groups is 1. The van der Waals surface area contributed by atoms with Gasteiger partial charge in [0.05, 0.1) is 6.42 Å². The van der Waals surface area contributed by atoms with Gasteiger partial charge in [-0.05, 0) is 18.9 Å². The Morgan fingerprint density at radius 3 is 2.70 bits per heavy atom. The first-order chi connectivity index (χ1) is 10.9. The van der Waals surface area contributed by atoms with Gasteiger partial charge in [0.2, 0.25) is 0 Å². The van der Waals surface area contributed by atoms with Gasteiger partial charge < -0.3 is 24.6 Å². The Morgan fingerprint density at radius 2 is 2.00 bits per heavy atom. The standard InChI is InChI=1S/C15H17F2NO5/c16-15(17)22-11-3-1-2-10(13(11)23-15)9-18-14(8-12(19)20)4-6-21-7-5-14/h1-3,18H,4-9H2,(H,19,20). The fourth-order valence-corrected chi connectivity index (χ4v) is 2.91. The average Bonchev–Trinajstić information content (AvgIpc) is 2.80. The van der Waals surface area contributed by atoms with E-state index < -0.39 is 17.8 Å². The minimum absolute atomic E-state index is 0.0115. The molecule has 2 N–H and O–H groups in total. The summed E-state index contributed by atoms with van der Waals surface area (Å²) in [6, 6.07) is 4.64. The van der Waals surface area contributed by atoms with E-state index in [1.807, 2.05) is 0 Å². The van der Waals surface area contributed by atoms with Crippen LogP contribution in [0.15, 0.2) is 18.2 Å². The number of para-hydroxylation sites is 1.